The molecule has 6 heteroatoms. The molecule has 0 heterocycles. The number of nitrogens with two attached hydrogens (primary N) is 2. The minimum absolute atomic E-state index is 0.167. The molecule has 5 N–H and O–H groups in total. The highest BCUT2D eigenvalue weighted by Gasteiger charge is 2.16. The maximum Gasteiger partial charge on any atom is 0.237 e. The smallest absolute Gasteiger partial charge is 0.237 e. The molecule has 2 amide bonds. The third-order valence-electron chi connectivity index (χ3n) is 2.40. The second-order valence-corrected chi connectivity index (χ2v) is 4.26. The molecule has 6 nitrogen and oxygen atoms in total. The normalized spacial score (nSPS) is 13.4. The van der Waals surface area contributed by atoms with Gasteiger partial charge in [-0.1, -0.05) is 18.2 Å². The summed E-state index contributed by atoms with van der Waals surface area (Å²) < 4.78 is 5.58. The van der Waals surface area contributed by atoms with E-state index >= 15 is 0 Å². The molecule has 0 aliphatic rings. The van der Waals surface area contributed by atoms with E-state index in [-0.39, 0.29) is 12.5 Å². The highest BCUT2D eigenvalue weighted by atomic mass is 16.5. The topological polar surface area (TPSA) is 107 Å². The minimum Gasteiger partial charge on any atom is -0.489 e. The van der Waals surface area contributed by atoms with Gasteiger partial charge in [-0.25, -0.2) is 0 Å². The highest BCUT2D eigenvalue weighted by Crippen LogP contribution is 2.10. The molecule has 104 valence electrons. The van der Waals surface area contributed by atoms with Gasteiger partial charge < -0.3 is 21.5 Å². The maximum atomic E-state index is 11.5. The lowest BCUT2D eigenvalue weighted by molar-refractivity contribution is -0.126. The van der Waals surface area contributed by atoms with Crippen LogP contribution in [0.2, 0.25) is 0 Å². The molecule has 0 saturated heterocycles. The van der Waals surface area contributed by atoms with Crippen molar-refractivity contribution in [2.75, 3.05) is 6.54 Å². The minimum atomic E-state index is -0.915. The van der Waals surface area contributed by atoms with Crippen LogP contribution < -0.4 is 21.5 Å². The average Bonchev–Trinajstić information content (AvgIpc) is 2.36. The molecule has 0 aromatic heterocycles. The number of nitrogens with one attached hydrogen (secondary N) is 1. The molecule has 2 unspecified atom stereocenters. The Morgan fingerprint density at radius 3 is 2.53 bits per heavy atom. The van der Waals surface area contributed by atoms with Crippen LogP contribution in [0.4, 0.5) is 0 Å². The summed E-state index contributed by atoms with van der Waals surface area (Å²) in [5, 5.41) is 2.61. The first kappa shape index (κ1) is 15.0. The maximum absolute atomic E-state index is 11.5. The van der Waals surface area contributed by atoms with Crippen LogP contribution in [0.15, 0.2) is 30.3 Å². The van der Waals surface area contributed by atoms with Gasteiger partial charge in [0.05, 0.1) is 19.0 Å². The lowest BCUT2D eigenvalue weighted by Crippen LogP contribution is -2.45. The molecule has 1 rings (SSSR count). The molecular formula is C13H19N3O3. The number of para-hydroxylation sites is 1. The van der Waals surface area contributed by atoms with Crippen molar-refractivity contribution in [3.8, 4) is 5.75 Å². The fourth-order valence-corrected chi connectivity index (χ4v) is 1.46. The summed E-state index contributed by atoms with van der Waals surface area (Å²) in [5.74, 6) is -0.288. The summed E-state index contributed by atoms with van der Waals surface area (Å²) in [5.41, 5.74) is 10.5. The first-order chi connectivity index (χ1) is 8.99. The fraction of sp³-hybridized carbons (Fsp3) is 0.385. The van der Waals surface area contributed by atoms with Crippen LogP contribution in [0, 0.1) is 0 Å². The second-order valence-electron chi connectivity index (χ2n) is 4.26. The number of hydrogen-bond donors (Lipinski definition) is 3. The number of primary amides is 1. The Bertz CT molecular complexity index is 422. The summed E-state index contributed by atoms with van der Waals surface area (Å²) in [4.78, 5) is 22.2. The van der Waals surface area contributed by atoms with E-state index in [4.69, 9.17) is 16.2 Å². The molecular weight excluding hydrogens is 246 g/mol. The van der Waals surface area contributed by atoms with Crippen LogP contribution in [0.3, 0.4) is 0 Å². The van der Waals surface area contributed by atoms with Gasteiger partial charge in [-0.3, -0.25) is 9.59 Å². The van der Waals surface area contributed by atoms with E-state index in [1.165, 1.54) is 0 Å². The first-order valence-electron chi connectivity index (χ1n) is 6.02. The highest BCUT2D eigenvalue weighted by molar-refractivity contribution is 5.87. The summed E-state index contributed by atoms with van der Waals surface area (Å²) in [6, 6.07) is 8.37. The zero-order valence-electron chi connectivity index (χ0n) is 10.8. The molecule has 0 bridgehead atoms. The van der Waals surface area contributed by atoms with Crippen molar-refractivity contribution < 1.29 is 14.3 Å². The van der Waals surface area contributed by atoms with Gasteiger partial charge in [0.1, 0.15) is 11.9 Å². The first-order valence-corrected chi connectivity index (χ1v) is 6.02. The Morgan fingerprint density at radius 2 is 1.95 bits per heavy atom. The van der Waals surface area contributed by atoms with Gasteiger partial charge in [0, 0.05) is 0 Å². The van der Waals surface area contributed by atoms with Crippen LogP contribution in [0.1, 0.15) is 13.3 Å². The predicted octanol–water partition coefficient (Wildman–Crippen LogP) is -0.227. The van der Waals surface area contributed by atoms with Crippen molar-refractivity contribution >= 4 is 11.8 Å². The second kappa shape index (κ2) is 7.38. The van der Waals surface area contributed by atoms with Gasteiger partial charge in [0.15, 0.2) is 0 Å². The molecule has 0 spiro atoms. The molecule has 2 atom stereocenters. The number of carbonyl (C=O) groups excluding carboxylic acids is 2. The van der Waals surface area contributed by atoms with Gasteiger partial charge in [0.2, 0.25) is 11.8 Å². The predicted molar refractivity (Wildman–Crippen MR) is 71.3 cm³/mol. The summed E-state index contributed by atoms with van der Waals surface area (Å²) in [6.45, 7) is 2.13. The van der Waals surface area contributed by atoms with Crippen molar-refractivity contribution in [1.29, 1.82) is 0 Å². The van der Waals surface area contributed by atoms with Crippen LogP contribution in [0.5, 0.6) is 5.75 Å². The number of ether oxygens (including phenoxy) is 1. The summed E-state index contributed by atoms with van der Waals surface area (Å²) >= 11 is 0. The van der Waals surface area contributed by atoms with Crippen LogP contribution in [-0.2, 0) is 9.59 Å². The van der Waals surface area contributed by atoms with E-state index in [9.17, 15) is 9.59 Å². The van der Waals surface area contributed by atoms with E-state index in [1.807, 2.05) is 37.3 Å². The standard InChI is InChI=1S/C13H19N3O3/c1-9(19-10-5-3-2-4-6-10)8-16-13(18)11(14)7-12(15)17/h2-6,9,11H,7-8,14H2,1H3,(H2,15,17)(H,16,18). The van der Waals surface area contributed by atoms with E-state index in [1.54, 1.807) is 0 Å². The largest absolute Gasteiger partial charge is 0.489 e. The lowest BCUT2D eigenvalue weighted by Gasteiger charge is -2.17. The van der Waals surface area contributed by atoms with Gasteiger partial charge in [-0.05, 0) is 19.1 Å². The number of hydrogen-bond acceptors (Lipinski definition) is 4. The Labute approximate surface area is 112 Å². The molecule has 1 aromatic carbocycles. The molecule has 0 aliphatic carbocycles. The van der Waals surface area contributed by atoms with Gasteiger partial charge in [-0.15, -0.1) is 0 Å². The van der Waals surface area contributed by atoms with Crippen molar-refractivity contribution in [3.63, 3.8) is 0 Å². The Morgan fingerprint density at radius 1 is 1.32 bits per heavy atom. The van der Waals surface area contributed by atoms with E-state index in [0.29, 0.717) is 6.54 Å². The zero-order valence-corrected chi connectivity index (χ0v) is 10.8. The molecule has 1 aromatic rings. The monoisotopic (exact) mass is 265 g/mol. The van der Waals surface area contributed by atoms with Crippen molar-refractivity contribution in [3.05, 3.63) is 30.3 Å². The van der Waals surface area contributed by atoms with Crippen molar-refractivity contribution in [2.24, 2.45) is 11.5 Å². The van der Waals surface area contributed by atoms with E-state index in [2.05, 4.69) is 5.32 Å². The third-order valence-corrected chi connectivity index (χ3v) is 2.40. The summed E-state index contributed by atoms with van der Waals surface area (Å²) in [6.07, 6.45) is -0.369. The number of amides is 2. The van der Waals surface area contributed by atoms with Crippen molar-refractivity contribution in [2.45, 2.75) is 25.5 Å². The Kier molecular flexibility index (Phi) is 5.81. The quantitative estimate of drug-likeness (QED) is 0.633. The van der Waals surface area contributed by atoms with Crippen molar-refractivity contribution in [1.82, 2.24) is 5.32 Å². The molecule has 0 saturated carbocycles. The van der Waals surface area contributed by atoms with Gasteiger partial charge in [-0.2, -0.15) is 0 Å². The average molecular weight is 265 g/mol. The van der Waals surface area contributed by atoms with E-state index < -0.39 is 17.9 Å². The molecule has 19 heavy (non-hydrogen) atoms. The molecule has 0 radical (unpaired) electrons. The lowest BCUT2D eigenvalue weighted by atomic mass is 10.2. The molecule has 0 fully saturated rings. The number of benzene rings is 1. The van der Waals surface area contributed by atoms with Gasteiger partial charge >= 0.3 is 0 Å². The Hall–Kier alpha value is -2.08. The Balaban J connectivity index is 2.32. The van der Waals surface area contributed by atoms with Crippen LogP contribution >= 0.6 is 0 Å². The van der Waals surface area contributed by atoms with E-state index in [0.717, 1.165) is 5.75 Å². The third kappa shape index (κ3) is 5.87. The number of carbonyl (C=O) groups is 2. The SMILES string of the molecule is CC(CNC(=O)C(N)CC(N)=O)Oc1ccccc1. The summed E-state index contributed by atoms with van der Waals surface area (Å²) in [7, 11) is 0. The number of rotatable bonds is 7. The van der Waals surface area contributed by atoms with Gasteiger partial charge in [0.25, 0.3) is 0 Å². The fourth-order valence-electron chi connectivity index (χ4n) is 1.46. The molecule has 0 aliphatic heterocycles. The zero-order chi connectivity index (χ0) is 14.3. The van der Waals surface area contributed by atoms with Crippen LogP contribution in [-0.4, -0.2) is 30.5 Å². The van der Waals surface area contributed by atoms with Crippen LogP contribution in [0.25, 0.3) is 0 Å².